The van der Waals surface area contributed by atoms with E-state index in [4.69, 9.17) is 38.7 Å². The van der Waals surface area contributed by atoms with Crippen molar-refractivity contribution < 1.29 is 0 Å². The number of aryl methyl sites for hydroxylation is 3. The summed E-state index contributed by atoms with van der Waals surface area (Å²) in [6, 6.07) is 65.7. The zero-order valence-electron chi connectivity index (χ0n) is 42.3. The van der Waals surface area contributed by atoms with Gasteiger partial charge in [0.1, 0.15) is 0 Å². The predicted molar refractivity (Wildman–Crippen MR) is 338 cm³/mol. The van der Waals surface area contributed by atoms with Gasteiger partial charge in [-0.3, -0.25) is 4.98 Å². The Morgan fingerprint density at radius 1 is 0.342 bits per heavy atom. The first kappa shape index (κ1) is 44.5. The molecule has 76 heavy (non-hydrogen) atoms. The number of aromatic nitrogens is 1. The van der Waals surface area contributed by atoms with Gasteiger partial charge in [0, 0.05) is 76.3 Å². The molecule has 0 bridgehead atoms. The molecule has 0 atom stereocenters. The molecule has 17 rings (SSSR count). The highest BCUT2D eigenvalue weighted by Crippen LogP contribution is 2.58. The van der Waals surface area contributed by atoms with Gasteiger partial charge in [0.15, 0.2) is 0 Å². The van der Waals surface area contributed by atoms with E-state index in [9.17, 15) is 0 Å². The molecule has 0 unspecified atom stereocenters. The van der Waals surface area contributed by atoms with Gasteiger partial charge in [-0.1, -0.05) is 146 Å². The van der Waals surface area contributed by atoms with Gasteiger partial charge in [0.25, 0.3) is 0 Å². The number of hydrogen-bond donors (Lipinski definition) is 0. The lowest BCUT2D eigenvalue weighted by atomic mass is 8.64. The molecular formula is C66H37B9N. The third-order valence-electron chi connectivity index (χ3n) is 17.5. The first-order valence-corrected chi connectivity index (χ1v) is 26.4. The lowest BCUT2D eigenvalue weighted by Gasteiger charge is -2.17. The number of rotatable bonds is 5. The van der Waals surface area contributed by atoms with E-state index in [-0.39, 0.29) is 6.39 Å². The van der Waals surface area contributed by atoms with Gasteiger partial charge in [-0.15, -0.1) is 0 Å². The average molecular weight is 941 g/mol. The van der Waals surface area contributed by atoms with Crippen LogP contribution in [-0.4, -0.2) is 69.9 Å². The average Bonchev–Trinajstić information content (AvgIpc) is 4.31. The molecule has 15 aromatic carbocycles. The Kier molecular flexibility index (Phi) is 9.29. The van der Waals surface area contributed by atoms with Crippen LogP contribution >= 0.6 is 0 Å². The number of benzene rings is 12. The Balaban J connectivity index is 0.000000500. The highest BCUT2D eigenvalue weighted by Gasteiger charge is 2.30. The second-order valence-electron chi connectivity index (χ2n) is 21.6. The quantitative estimate of drug-likeness (QED) is 0.0952. The van der Waals surface area contributed by atoms with Gasteiger partial charge in [0.05, 0.1) is 0 Å². The van der Waals surface area contributed by atoms with E-state index in [2.05, 4.69) is 196 Å². The molecule has 1 nitrogen and oxygen atoms in total. The van der Waals surface area contributed by atoms with Gasteiger partial charge in [-0.25, -0.2) is 0 Å². The molecule has 0 amide bonds. The number of nitrogens with zero attached hydrogens (tertiary/aromatic N) is 1. The maximum absolute atomic E-state index is 5.25. The van der Waals surface area contributed by atoms with Gasteiger partial charge in [-0.05, 0) is 223 Å². The molecule has 0 saturated heterocycles. The molecule has 11 radical (unpaired) electrons. The highest BCUT2D eigenvalue weighted by atomic mass is 14.7. The van der Waals surface area contributed by atoms with Crippen LogP contribution in [0.4, 0.5) is 0 Å². The molecule has 333 valence electrons. The first-order valence-electron chi connectivity index (χ1n) is 26.4. The van der Waals surface area contributed by atoms with Crippen LogP contribution in [0.25, 0.3) is 152 Å². The predicted octanol–water partition coefficient (Wildman–Crippen LogP) is 14.4. The van der Waals surface area contributed by atoms with Crippen molar-refractivity contribution in [1.29, 1.82) is 0 Å². The zero-order valence-corrected chi connectivity index (χ0v) is 42.3. The van der Waals surface area contributed by atoms with Crippen molar-refractivity contribution in [2.24, 2.45) is 0 Å². The van der Waals surface area contributed by atoms with Crippen molar-refractivity contribution in [3.63, 3.8) is 0 Å². The van der Waals surface area contributed by atoms with Crippen LogP contribution in [0.1, 0.15) is 17.0 Å². The molecular weight excluding hydrogens is 904 g/mol. The Morgan fingerprint density at radius 2 is 0.803 bits per heavy atom. The van der Waals surface area contributed by atoms with E-state index in [1.54, 1.807) is 0 Å². The van der Waals surface area contributed by atoms with Crippen LogP contribution in [0.15, 0.2) is 170 Å². The van der Waals surface area contributed by atoms with E-state index in [0.29, 0.717) is 0 Å². The Bertz CT molecular complexity index is 5350. The summed E-state index contributed by atoms with van der Waals surface area (Å²) in [7, 11) is 27.5. The van der Waals surface area contributed by atoms with Crippen molar-refractivity contribution in [3.05, 3.63) is 208 Å². The summed E-state index contributed by atoms with van der Waals surface area (Å²) in [4.78, 5) is 4.67. The summed E-state index contributed by atoms with van der Waals surface area (Å²) < 4.78 is 0. The third-order valence-corrected chi connectivity index (χ3v) is 17.5. The molecule has 1 aromatic heterocycles. The normalized spacial score (nSPS) is 12.4. The molecule has 16 aromatic rings. The van der Waals surface area contributed by atoms with Gasteiger partial charge >= 0.3 is 0 Å². The summed E-state index contributed by atoms with van der Waals surface area (Å²) in [5, 5.41) is 37.9. The van der Waals surface area contributed by atoms with Crippen LogP contribution in [-0.2, 0) is 0 Å². The Morgan fingerprint density at radius 3 is 1.45 bits per heavy atom. The smallest absolute Gasteiger partial charge is 0.0382 e. The summed E-state index contributed by atoms with van der Waals surface area (Å²) in [5.74, 6) is 0. The molecule has 0 aliphatic heterocycles. The van der Waals surface area contributed by atoms with E-state index in [0.717, 1.165) is 11.4 Å². The molecule has 0 saturated carbocycles. The molecule has 1 heterocycles. The minimum absolute atomic E-state index is 0.315. The van der Waals surface area contributed by atoms with Crippen LogP contribution in [0.3, 0.4) is 0 Å². The van der Waals surface area contributed by atoms with E-state index >= 15 is 0 Å². The zero-order chi connectivity index (χ0) is 51.2. The first-order chi connectivity index (χ1) is 37.1. The maximum atomic E-state index is 5.25. The largest absolute Gasteiger partial charge is 0.258 e. The number of hydrogen-bond acceptors (Lipinski definition) is 1. The lowest BCUT2D eigenvalue weighted by Crippen LogP contribution is -2.55. The SMILES string of the molecule is Cc1cc(-c2ccc3c(c2)=c2ccc4c5ccc6c7c(ccc(c8ccc=3c2c84)c57)c2c(-c3ccccc3C)c3cc4c5cccc7cccc(c75)c4c4c5ccccc5c(c62)c34)cc(C)n1.[B][B]B(B([B])[B])B([B])[B]. The summed E-state index contributed by atoms with van der Waals surface area (Å²) in [6.07, 6.45) is -1.46. The summed E-state index contributed by atoms with van der Waals surface area (Å²) in [6.45, 7) is 6.47. The van der Waals surface area contributed by atoms with Crippen LogP contribution in [0, 0.1) is 41.6 Å². The van der Waals surface area contributed by atoms with E-state index < -0.39 is 12.8 Å². The van der Waals surface area contributed by atoms with Crippen molar-refractivity contribution in [2.75, 3.05) is 0 Å². The van der Waals surface area contributed by atoms with Crippen molar-refractivity contribution >= 4 is 194 Å². The van der Waals surface area contributed by atoms with E-state index in [1.165, 1.54) is 185 Å². The minimum atomic E-state index is -0.574. The fourth-order valence-corrected chi connectivity index (χ4v) is 14.5. The van der Waals surface area contributed by atoms with E-state index in [1.807, 2.05) is 0 Å². The standard InChI is InChI=1S/C66H37N.B9/c1-32-10-4-5-13-38(32)56-54-31-53-42-16-8-11-35-12-9-17-49(55(35)42)61(53)62-40-14-6-7-15-41(40)63(66(54)62)65-51-27-25-47-45-22-23-48-52-30-36(37-28-33(2)67-34(3)29-37)18-19-39(52)43-20-21-44(58(45)57(43)48)46-24-26-50(64(56)65)60(51)59(46)47;1-6-9(7(2)3)8(4)5/h4-31H,1-3H3;. The van der Waals surface area contributed by atoms with Crippen molar-refractivity contribution in [2.45, 2.75) is 20.8 Å². The summed E-state index contributed by atoms with van der Waals surface area (Å²) in [5.41, 5.74) is 8.52. The molecule has 10 heteroatoms. The van der Waals surface area contributed by atoms with Crippen LogP contribution < -0.4 is 0 Å². The molecule has 1 aliphatic rings. The topological polar surface area (TPSA) is 12.9 Å². The Labute approximate surface area is 447 Å². The Hall–Kier alpha value is -7.81. The fourth-order valence-electron chi connectivity index (χ4n) is 14.5. The minimum Gasteiger partial charge on any atom is -0.258 e. The van der Waals surface area contributed by atoms with Crippen LogP contribution in [0.5, 0.6) is 0 Å². The second-order valence-corrected chi connectivity index (χ2v) is 21.6. The summed E-state index contributed by atoms with van der Waals surface area (Å²) >= 11 is 0. The number of pyridine rings is 1. The maximum Gasteiger partial charge on any atom is 0.0382 e. The van der Waals surface area contributed by atoms with Gasteiger partial charge in [-0.2, -0.15) is 0 Å². The number of fused-ring (bicyclic) bond motifs is 14. The highest BCUT2D eigenvalue weighted by molar-refractivity contribution is 7.93. The van der Waals surface area contributed by atoms with Crippen LogP contribution in [0.2, 0.25) is 0 Å². The monoisotopic (exact) mass is 942 g/mol. The molecule has 0 fully saturated rings. The fraction of sp³-hybridized carbons (Fsp3) is 0.0455. The second kappa shape index (κ2) is 15.9. The van der Waals surface area contributed by atoms with Crippen molar-refractivity contribution in [1.82, 2.24) is 4.98 Å². The molecule has 1 aliphatic carbocycles. The van der Waals surface area contributed by atoms with Crippen molar-refractivity contribution in [3.8, 4) is 22.3 Å². The molecule has 0 N–H and O–H groups in total. The van der Waals surface area contributed by atoms with Gasteiger partial charge < -0.3 is 0 Å². The van der Waals surface area contributed by atoms with Gasteiger partial charge in [0.2, 0.25) is 0 Å². The third kappa shape index (κ3) is 5.75. The molecule has 0 spiro atoms. The lowest BCUT2D eigenvalue weighted by molar-refractivity contribution is 1.12.